The molecule has 2 N–H and O–H groups in total. The second kappa shape index (κ2) is 12.2. The van der Waals surface area contributed by atoms with Gasteiger partial charge >= 0.3 is 0 Å². The van der Waals surface area contributed by atoms with Crippen molar-refractivity contribution in [1.29, 1.82) is 0 Å². The first-order valence-corrected chi connectivity index (χ1v) is 6.99. The molecule has 0 atom stereocenters. The predicted molar refractivity (Wildman–Crippen MR) is 96.2 cm³/mol. The molecule has 0 aliphatic heterocycles. The molecule has 0 saturated carbocycles. The number of nitrogens with one attached hydrogen (secondary N) is 2. The highest BCUT2D eigenvalue weighted by Crippen LogP contribution is 2.15. The van der Waals surface area contributed by atoms with Crippen LogP contribution in [0.15, 0.2) is 29.3 Å². The van der Waals surface area contributed by atoms with Crippen molar-refractivity contribution in [3.63, 3.8) is 0 Å². The number of aliphatic imine (C=N–C) groups is 1. The van der Waals surface area contributed by atoms with Gasteiger partial charge in [0.15, 0.2) is 5.96 Å². The highest BCUT2D eigenvalue weighted by Gasteiger charge is 2.00. The lowest BCUT2D eigenvalue weighted by Crippen LogP contribution is -2.39. The monoisotopic (exact) mass is 411 g/mol. The Morgan fingerprint density at radius 2 is 2.00 bits per heavy atom. The van der Waals surface area contributed by atoms with Gasteiger partial charge in [-0.25, -0.2) is 4.99 Å². The summed E-state index contributed by atoms with van der Waals surface area (Å²) in [6.45, 7) is 7.54. The van der Waals surface area contributed by atoms with Crippen LogP contribution in [-0.4, -0.2) is 32.3 Å². The second-order valence-corrected chi connectivity index (χ2v) is 4.32. The van der Waals surface area contributed by atoms with Crippen LogP contribution < -0.4 is 10.6 Å². The number of rotatable bonds is 7. The maximum Gasteiger partial charge on any atom is 0.191 e. The Hall–Kier alpha value is -0.530. The van der Waals surface area contributed by atoms with Gasteiger partial charge in [-0.05, 0) is 25.5 Å². The van der Waals surface area contributed by atoms with Crippen LogP contribution in [0.5, 0.6) is 0 Å². The summed E-state index contributed by atoms with van der Waals surface area (Å²) in [4.78, 5) is 4.50. The summed E-state index contributed by atoms with van der Waals surface area (Å²) in [5.74, 6) is 0.780. The Bertz CT molecular complexity index is 402. The van der Waals surface area contributed by atoms with Crippen LogP contribution in [-0.2, 0) is 11.3 Å². The summed E-state index contributed by atoms with van der Waals surface area (Å²) in [6, 6.07) is 7.74. The molecule has 1 aromatic rings. The summed E-state index contributed by atoms with van der Waals surface area (Å²) in [6.07, 6.45) is 0. The molecular formula is C14H23ClIN3O. The molecule has 0 bridgehead atoms. The number of hydrogen-bond donors (Lipinski definition) is 2. The molecule has 0 spiro atoms. The quantitative estimate of drug-likeness (QED) is 0.314. The molecule has 0 aromatic heterocycles. The zero-order valence-corrected chi connectivity index (χ0v) is 15.1. The third-order valence-electron chi connectivity index (χ3n) is 2.45. The minimum absolute atomic E-state index is 0. The molecule has 114 valence electrons. The maximum atomic E-state index is 6.10. The Morgan fingerprint density at radius 3 is 2.65 bits per heavy atom. The number of halogens is 2. The van der Waals surface area contributed by atoms with Crippen molar-refractivity contribution in [3.8, 4) is 0 Å². The normalized spacial score (nSPS) is 10.8. The van der Waals surface area contributed by atoms with Crippen LogP contribution in [0.3, 0.4) is 0 Å². The molecule has 1 aromatic carbocycles. The second-order valence-electron chi connectivity index (χ2n) is 3.91. The fraction of sp³-hybridized carbons (Fsp3) is 0.500. The summed E-state index contributed by atoms with van der Waals surface area (Å²) >= 11 is 6.10. The third kappa shape index (κ3) is 7.91. The molecule has 0 aliphatic rings. The van der Waals surface area contributed by atoms with E-state index in [9.17, 15) is 0 Å². The van der Waals surface area contributed by atoms with E-state index in [-0.39, 0.29) is 24.0 Å². The SMILES string of the molecule is CCNC(=NCc1ccccc1Cl)NCCOCC.I. The van der Waals surface area contributed by atoms with Crippen molar-refractivity contribution in [3.05, 3.63) is 34.9 Å². The zero-order chi connectivity index (χ0) is 13.9. The standard InChI is InChI=1S/C14H22ClN3O.HI/c1-3-16-14(17-9-10-19-4-2)18-11-12-7-5-6-8-13(12)15;/h5-8H,3-4,9-11H2,1-2H3,(H2,16,17,18);1H. The molecule has 0 unspecified atom stereocenters. The largest absolute Gasteiger partial charge is 0.380 e. The topological polar surface area (TPSA) is 45.7 Å². The van der Waals surface area contributed by atoms with Gasteiger partial charge < -0.3 is 15.4 Å². The van der Waals surface area contributed by atoms with Crippen LogP contribution >= 0.6 is 35.6 Å². The van der Waals surface area contributed by atoms with Gasteiger partial charge in [0.1, 0.15) is 0 Å². The van der Waals surface area contributed by atoms with Crippen LogP contribution in [0.25, 0.3) is 0 Å². The van der Waals surface area contributed by atoms with Crippen molar-refractivity contribution in [2.75, 3.05) is 26.3 Å². The number of benzene rings is 1. The minimum Gasteiger partial charge on any atom is -0.380 e. The van der Waals surface area contributed by atoms with Crippen LogP contribution in [0.1, 0.15) is 19.4 Å². The molecule has 0 fully saturated rings. The third-order valence-corrected chi connectivity index (χ3v) is 2.82. The Kier molecular flexibility index (Phi) is 11.9. The van der Waals surface area contributed by atoms with Gasteiger partial charge in [-0.2, -0.15) is 0 Å². The number of ether oxygens (including phenoxy) is 1. The first-order chi connectivity index (χ1) is 9.27. The first-order valence-electron chi connectivity index (χ1n) is 6.61. The van der Waals surface area contributed by atoms with E-state index < -0.39 is 0 Å². The molecule has 4 nitrogen and oxygen atoms in total. The summed E-state index contributed by atoms with van der Waals surface area (Å²) in [5, 5.41) is 7.15. The predicted octanol–water partition coefficient (Wildman–Crippen LogP) is 3.05. The lowest BCUT2D eigenvalue weighted by molar-refractivity contribution is 0.152. The molecule has 20 heavy (non-hydrogen) atoms. The Balaban J connectivity index is 0.00000361. The van der Waals surface area contributed by atoms with Gasteiger partial charge in [0.25, 0.3) is 0 Å². The molecule has 6 heteroatoms. The van der Waals surface area contributed by atoms with Gasteiger partial charge in [-0.15, -0.1) is 24.0 Å². The van der Waals surface area contributed by atoms with Gasteiger partial charge in [-0.1, -0.05) is 29.8 Å². The first kappa shape index (κ1) is 19.5. The fourth-order valence-corrected chi connectivity index (χ4v) is 1.71. The number of hydrogen-bond acceptors (Lipinski definition) is 2. The average Bonchev–Trinajstić information content (AvgIpc) is 2.42. The molecular weight excluding hydrogens is 389 g/mol. The van der Waals surface area contributed by atoms with Crippen molar-refractivity contribution in [2.45, 2.75) is 20.4 Å². The molecule has 1 rings (SSSR count). The molecule has 0 aliphatic carbocycles. The van der Waals surface area contributed by atoms with Crippen molar-refractivity contribution >= 4 is 41.5 Å². The van der Waals surface area contributed by atoms with E-state index in [1.165, 1.54) is 0 Å². The summed E-state index contributed by atoms with van der Waals surface area (Å²) in [7, 11) is 0. The van der Waals surface area contributed by atoms with E-state index in [1.807, 2.05) is 38.1 Å². The smallest absolute Gasteiger partial charge is 0.191 e. The van der Waals surface area contributed by atoms with Crippen molar-refractivity contribution in [1.82, 2.24) is 10.6 Å². The van der Waals surface area contributed by atoms with Crippen molar-refractivity contribution < 1.29 is 4.74 Å². The van der Waals surface area contributed by atoms with E-state index in [1.54, 1.807) is 0 Å². The van der Waals surface area contributed by atoms with E-state index in [0.717, 1.165) is 36.2 Å². The molecule has 0 amide bonds. The minimum atomic E-state index is 0. The highest BCUT2D eigenvalue weighted by molar-refractivity contribution is 14.0. The molecule has 0 radical (unpaired) electrons. The maximum absolute atomic E-state index is 6.10. The van der Waals surface area contributed by atoms with Crippen molar-refractivity contribution in [2.24, 2.45) is 4.99 Å². The Labute approximate surface area is 143 Å². The van der Waals surface area contributed by atoms with E-state index in [0.29, 0.717) is 13.2 Å². The van der Waals surface area contributed by atoms with Crippen LogP contribution in [0.2, 0.25) is 5.02 Å². The zero-order valence-electron chi connectivity index (χ0n) is 12.0. The van der Waals surface area contributed by atoms with E-state index in [4.69, 9.17) is 16.3 Å². The van der Waals surface area contributed by atoms with Gasteiger partial charge in [0.2, 0.25) is 0 Å². The van der Waals surface area contributed by atoms with Gasteiger partial charge in [-0.3, -0.25) is 0 Å². The molecule has 0 heterocycles. The average molecular weight is 412 g/mol. The Morgan fingerprint density at radius 1 is 1.25 bits per heavy atom. The number of guanidine groups is 1. The molecule has 0 saturated heterocycles. The van der Waals surface area contributed by atoms with Crippen LogP contribution in [0.4, 0.5) is 0 Å². The number of nitrogens with zero attached hydrogens (tertiary/aromatic N) is 1. The summed E-state index contributed by atoms with van der Waals surface area (Å²) in [5.41, 5.74) is 1.02. The van der Waals surface area contributed by atoms with E-state index in [2.05, 4.69) is 15.6 Å². The van der Waals surface area contributed by atoms with E-state index >= 15 is 0 Å². The van der Waals surface area contributed by atoms with Crippen LogP contribution in [0, 0.1) is 0 Å². The summed E-state index contributed by atoms with van der Waals surface area (Å²) < 4.78 is 5.28. The lowest BCUT2D eigenvalue weighted by Gasteiger charge is -2.11. The highest BCUT2D eigenvalue weighted by atomic mass is 127. The van der Waals surface area contributed by atoms with Gasteiger partial charge in [0.05, 0.1) is 13.2 Å². The fourth-order valence-electron chi connectivity index (χ4n) is 1.52. The lowest BCUT2D eigenvalue weighted by atomic mass is 10.2. The van der Waals surface area contributed by atoms with Gasteiger partial charge in [0, 0.05) is 24.7 Å².